The average molecular weight is 479 g/mol. The summed E-state index contributed by atoms with van der Waals surface area (Å²) in [7, 11) is 0. The number of β-amino-alcohol motifs (C(OH)–C–C–N with tert-alkyl or cyclic N) is 1. The number of aliphatic carboxylic acids is 1. The van der Waals surface area contributed by atoms with Crippen LogP contribution in [0.4, 0.5) is 4.79 Å². The van der Waals surface area contributed by atoms with Crippen molar-refractivity contribution in [2.24, 2.45) is 11.8 Å². The molecule has 2 aromatic rings. The number of carboxylic acid groups (broad SMARTS) is 1. The molecule has 1 heterocycles. The van der Waals surface area contributed by atoms with E-state index in [0.29, 0.717) is 13.0 Å². The third-order valence-electron chi connectivity index (χ3n) is 7.68. The number of nitrogens with zero attached hydrogens (tertiary/aromatic N) is 1. The van der Waals surface area contributed by atoms with E-state index < -0.39 is 24.2 Å². The molecule has 8 nitrogen and oxygen atoms in total. The molecule has 35 heavy (non-hydrogen) atoms. The molecule has 1 aliphatic heterocycles. The minimum atomic E-state index is -1.10. The van der Waals surface area contributed by atoms with Crippen LogP contribution in [0, 0.1) is 11.8 Å². The van der Waals surface area contributed by atoms with E-state index in [0.717, 1.165) is 35.1 Å². The number of carbonyl (C=O) groups excluding carboxylic acids is 2. The van der Waals surface area contributed by atoms with Gasteiger partial charge in [0, 0.05) is 31.3 Å². The lowest BCUT2D eigenvalue weighted by molar-refractivity contribution is -0.150. The van der Waals surface area contributed by atoms with E-state index in [2.05, 4.69) is 29.6 Å². The monoisotopic (exact) mass is 478 g/mol. The van der Waals surface area contributed by atoms with E-state index in [-0.39, 0.29) is 43.2 Å². The Bertz CT molecular complexity index is 1090. The second-order valence-corrected chi connectivity index (χ2v) is 9.74. The molecule has 2 fully saturated rings. The van der Waals surface area contributed by atoms with Gasteiger partial charge in [0.25, 0.3) is 0 Å². The van der Waals surface area contributed by atoms with Gasteiger partial charge in [-0.15, -0.1) is 0 Å². The number of alkyl carbamates (subject to hydrolysis) is 1. The van der Waals surface area contributed by atoms with E-state index >= 15 is 0 Å². The van der Waals surface area contributed by atoms with Crippen molar-refractivity contribution in [3.05, 3.63) is 59.7 Å². The first-order chi connectivity index (χ1) is 16.9. The van der Waals surface area contributed by atoms with Gasteiger partial charge in [0.2, 0.25) is 5.91 Å². The van der Waals surface area contributed by atoms with Gasteiger partial charge in [-0.25, -0.2) is 9.59 Å². The Morgan fingerprint density at radius 1 is 1.00 bits per heavy atom. The van der Waals surface area contributed by atoms with E-state index in [1.54, 1.807) is 0 Å². The van der Waals surface area contributed by atoms with Crippen molar-refractivity contribution >= 4 is 18.0 Å². The third kappa shape index (κ3) is 4.50. The van der Waals surface area contributed by atoms with Crippen molar-refractivity contribution in [2.75, 3.05) is 19.7 Å². The summed E-state index contributed by atoms with van der Waals surface area (Å²) < 4.78 is 5.60. The predicted octanol–water partition coefficient (Wildman–Crippen LogP) is 2.99. The molecule has 1 saturated carbocycles. The highest BCUT2D eigenvalue weighted by atomic mass is 16.5. The first-order valence-corrected chi connectivity index (χ1v) is 12.2. The number of likely N-dealkylation sites (tertiary alicyclic amines) is 1. The lowest BCUT2D eigenvalue weighted by Crippen LogP contribution is -2.45. The van der Waals surface area contributed by atoms with Crippen molar-refractivity contribution in [3.63, 3.8) is 0 Å². The molecule has 0 bridgehead atoms. The zero-order chi connectivity index (χ0) is 24.5. The molecule has 5 rings (SSSR count). The summed E-state index contributed by atoms with van der Waals surface area (Å²) >= 11 is 0. The molecule has 8 heteroatoms. The number of fused-ring (bicyclic) bond motifs is 3. The number of ether oxygens (including phenoxy) is 1. The molecule has 2 unspecified atom stereocenters. The predicted molar refractivity (Wildman–Crippen MR) is 128 cm³/mol. The SMILES string of the molecule is O=C(NC[C@H]1CCC[C@H]1C(=O)N1CC(O)CC1C(=O)O)OCC1c2ccccc2-c2ccccc21. The van der Waals surface area contributed by atoms with Gasteiger partial charge in [-0.2, -0.15) is 0 Å². The van der Waals surface area contributed by atoms with E-state index in [1.807, 2.05) is 24.3 Å². The highest BCUT2D eigenvalue weighted by Gasteiger charge is 2.44. The number of benzene rings is 2. The summed E-state index contributed by atoms with van der Waals surface area (Å²) in [6, 6.07) is 15.3. The second kappa shape index (κ2) is 9.70. The Morgan fingerprint density at radius 2 is 1.66 bits per heavy atom. The molecule has 184 valence electrons. The van der Waals surface area contributed by atoms with Crippen LogP contribution in [0.1, 0.15) is 42.7 Å². The van der Waals surface area contributed by atoms with Gasteiger partial charge in [0.15, 0.2) is 0 Å². The fourth-order valence-electron chi connectivity index (χ4n) is 5.97. The zero-order valence-corrected chi connectivity index (χ0v) is 19.4. The smallest absolute Gasteiger partial charge is 0.407 e. The number of hydrogen-bond acceptors (Lipinski definition) is 5. The highest BCUT2D eigenvalue weighted by Crippen LogP contribution is 2.44. The summed E-state index contributed by atoms with van der Waals surface area (Å²) in [6.07, 6.45) is 0.963. The van der Waals surface area contributed by atoms with E-state index in [1.165, 1.54) is 4.90 Å². The molecular formula is C27H30N2O6. The summed E-state index contributed by atoms with van der Waals surface area (Å²) in [5.41, 5.74) is 4.61. The fourth-order valence-corrected chi connectivity index (χ4v) is 5.97. The van der Waals surface area contributed by atoms with Crippen molar-refractivity contribution < 1.29 is 29.3 Å². The van der Waals surface area contributed by atoms with Crippen LogP contribution in [0.3, 0.4) is 0 Å². The zero-order valence-electron chi connectivity index (χ0n) is 19.4. The van der Waals surface area contributed by atoms with Gasteiger partial charge in [-0.3, -0.25) is 4.79 Å². The molecule has 2 aromatic carbocycles. The normalized spacial score (nSPS) is 25.2. The number of hydrogen-bond donors (Lipinski definition) is 3. The molecule has 2 amide bonds. The molecule has 2 aliphatic carbocycles. The van der Waals surface area contributed by atoms with Crippen LogP contribution < -0.4 is 5.32 Å². The third-order valence-corrected chi connectivity index (χ3v) is 7.68. The maximum absolute atomic E-state index is 13.1. The lowest BCUT2D eigenvalue weighted by atomic mass is 9.94. The Kier molecular flexibility index (Phi) is 6.47. The highest BCUT2D eigenvalue weighted by molar-refractivity contribution is 5.86. The summed E-state index contributed by atoms with van der Waals surface area (Å²) in [6.45, 7) is 0.554. The number of amides is 2. The van der Waals surface area contributed by atoms with Crippen LogP contribution in [-0.4, -0.2) is 64.9 Å². The Labute approximate surface area is 203 Å². The van der Waals surface area contributed by atoms with Crippen LogP contribution in [0.2, 0.25) is 0 Å². The maximum atomic E-state index is 13.1. The fraction of sp³-hybridized carbons (Fsp3) is 0.444. The molecule has 0 aromatic heterocycles. The van der Waals surface area contributed by atoms with E-state index in [4.69, 9.17) is 4.74 Å². The quantitative estimate of drug-likeness (QED) is 0.588. The molecule has 1 saturated heterocycles. The van der Waals surface area contributed by atoms with Crippen LogP contribution >= 0.6 is 0 Å². The number of nitrogens with one attached hydrogen (secondary N) is 1. The van der Waals surface area contributed by atoms with Crippen LogP contribution in [0.15, 0.2) is 48.5 Å². The van der Waals surface area contributed by atoms with Crippen LogP contribution in [0.5, 0.6) is 0 Å². The van der Waals surface area contributed by atoms with E-state index in [9.17, 15) is 24.6 Å². The van der Waals surface area contributed by atoms with Crippen molar-refractivity contribution in [1.82, 2.24) is 10.2 Å². The Hall–Kier alpha value is -3.39. The standard InChI is InChI=1S/C27H30N2O6/c30-17-12-24(26(32)33)29(14-17)25(31)18-11-5-6-16(18)13-28-27(34)35-15-23-21-9-3-1-7-19(21)20-8-2-4-10-22(20)23/h1-4,7-10,16-18,23-24,30H,5-6,11-15H2,(H,28,34)(H,32,33)/t16-,17?,18-,24?/m1/s1. The van der Waals surface area contributed by atoms with Gasteiger partial charge in [-0.1, -0.05) is 55.0 Å². The second-order valence-electron chi connectivity index (χ2n) is 9.74. The molecule has 0 radical (unpaired) electrons. The van der Waals surface area contributed by atoms with Crippen molar-refractivity contribution in [2.45, 2.75) is 43.7 Å². The lowest BCUT2D eigenvalue weighted by Gasteiger charge is -2.27. The summed E-state index contributed by atoms with van der Waals surface area (Å²) in [4.78, 5) is 38.5. The first kappa shape index (κ1) is 23.4. The molecule has 3 N–H and O–H groups in total. The van der Waals surface area contributed by atoms with Crippen LogP contribution in [0.25, 0.3) is 11.1 Å². The number of aliphatic hydroxyl groups excluding tert-OH is 1. The Morgan fingerprint density at radius 3 is 2.31 bits per heavy atom. The van der Waals surface area contributed by atoms with Crippen molar-refractivity contribution in [1.29, 1.82) is 0 Å². The van der Waals surface area contributed by atoms with Gasteiger partial charge in [0.05, 0.1) is 6.10 Å². The van der Waals surface area contributed by atoms with Crippen molar-refractivity contribution in [3.8, 4) is 11.1 Å². The van der Waals surface area contributed by atoms with Gasteiger partial charge < -0.3 is 25.2 Å². The number of aliphatic hydroxyl groups is 1. The van der Waals surface area contributed by atoms with Crippen LogP contribution in [-0.2, 0) is 14.3 Å². The first-order valence-electron chi connectivity index (χ1n) is 12.2. The number of carbonyl (C=O) groups is 3. The molecule has 3 aliphatic rings. The average Bonchev–Trinajstić information content (AvgIpc) is 3.57. The minimum absolute atomic E-state index is 0.0245. The largest absolute Gasteiger partial charge is 0.480 e. The Balaban J connectivity index is 1.17. The molecule has 4 atom stereocenters. The molecular weight excluding hydrogens is 448 g/mol. The number of rotatable bonds is 6. The van der Waals surface area contributed by atoms with Gasteiger partial charge in [0.1, 0.15) is 12.6 Å². The van der Waals surface area contributed by atoms with Gasteiger partial charge >= 0.3 is 12.1 Å². The summed E-state index contributed by atoms with van der Waals surface area (Å²) in [5.74, 6) is -1.82. The topological polar surface area (TPSA) is 116 Å². The maximum Gasteiger partial charge on any atom is 0.407 e. The molecule has 0 spiro atoms. The number of carboxylic acids is 1. The summed E-state index contributed by atoms with van der Waals surface area (Å²) in [5, 5.41) is 22.1. The minimum Gasteiger partial charge on any atom is -0.480 e. The van der Waals surface area contributed by atoms with Gasteiger partial charge in [-0.05, 0) is 41.0 Å².